The fourth-order valence-electron chi connectivity index (χ4n) is 3.13. The summed E-state index contributed by atoms with van der Waals surface area (Å²) in [5.41, 5.74) is 0. The molecule has 0 bridgehead atoms. The van der Waals surface area contributed by atoms with Gasteiger partial charge in [-0.3, -0.25) is 4.55 Å². The average molecular weight is 435 g/mol. The summed E-state index contributed by atoms with van der Waals surface area (Å²) in [6.45, 7) is 2.22. The third-order valence-corrected chi connectivity index (χ3v) is 5.51. The van der Waals surface area contributed by atoms with Gasteiger partial charge in [-0.15, -0.1) is 0 Å². The van der Waals surface area contributed by atoms with Crippen LogP contribution in [0.5, 0.6) is 0 Å². The van der Waals surface area contributed by atoms with Gasteiger partial charge in [-0.05, 0) is 25.7 Å². The number of carbonyl (C=O) groups excluding carboxylic acids is 1. The van der Waals surface area contributed by atoms with Crippen molar-refractivity contribution in [2.24, 2.45) is 0 Å². The third-order valence-electron chi connectivity index (χ3n) is 4.70. The highest BCUT2D eigenvalue weighted by molar-refractivity contribution is 7.85. The number of hydrogen-bond acceptors (Lipinski definition) is 5. The second kappa shape index (κ2) is 17.4. The lowest BCUT2D eigenvalue weighted by Gasteiger charge is -2.16. The largest absolute Gasteiger partial charge is 0.478 e. The van der Waals surface area contributed by atoms with Crippen LogP contribution in [0.15, 0.2) is 12.2 Å². The maximum absolute atomic E-state index is 11.7. The molecule has 8 heteroatoms. The highest BCUT2D eigenvalue weighted by Gasteiger charge is 2.15. The molecule has 0 aromatic heterocycles. The highest BCUT2D eigenvalue weighted by atomic mass is 32.2. The molecule has 2 N–H and O–H groups in total. The number of carbonyl (C=O) groups is 2. The molecule has 0 fully saturated rings. The molecule has 0 spiro atoms. The van der Waals surface area contributed by atoms with Gasteiger partial charge in [0.2, 0.25) is 0 Å². The van der Waals surface area contributed by atoms with E-state index in [-0.39, 0.29) is 12.2 Å². The van der Waals surface area contributed by atoms with Crippen molar-refractivity contribution in [2.75, 3.05) is 5.75 Å². The Hall–Kier alpha value is -1.41. The van der Waals surface area contributed by atoms with Crippen molar-refractivity contribution >= 4 is 22.1 Å². The van der Waals surface area contributed by atoms with E-state index < -0.39 is 28.2 Å². The monoisotopic (exact) mass is 434 g/mol. The van der Waals surface area contributed by atoms with E-state index in [9.17, 15) is 18.0 Å². The number of unbranched alkanes of at least 4 members (excludes halogenated alkanes) is 10. The first-order valence-corrected chi connectivity index (χ1v) is 12.4. The van der Waals surface area contributed by atoms with Crippen molar-refractivity contribution in [1.82, 2.24) is 0 Å². The van der Waals surface area contributed by atoms with Gasteiger partial charge in [-0.25, -0.2) is 9.59 Å². The summed E-state index contributed by atoms with van der Waals surface area (Å²) in [5.74, 6) is -2.38. The molecule has 0 amide bonds. The van der Waals surface area contributed by atoms with Gasteiger partial charge in [0.25, 0.3) is 10.1 Å². The zero-order chi connectivity index (χ0) is 22.0. The lowest BCUT2D eigenvalue weighted by atomic mass is 10.0. The van der Waals surface area contributed by atoms with Crippen molar-refractivity contribution in [2.45, 2.75) is 103 Å². The number of hydrogen-bond donors (Lipinski definition) is 2. The molecule has 0 aliphatic rings. The van der Waals surface area contributed by atoms with Crippen LogP contribution in [0.2, 0.25) is 0 Å². The molecule has 0 saturated carbocycles. The molecule has 0 aliphatic heterocycles. The maximum Gasteiger partial charge on any atom is 0.331 e. The van der Waals surface area contributed by atoms with E-state index in [2.05, 4.69) is 6.92 Å². The molecule has 1 unspecified atom stereocenters. The van der Waals surface area contributed by atoms with E-state index in [1.807, 2.05) is 0 Å². The molecule has 0 saturated heterocycles. The van der Waals surface area contributed by atoms with Crippen LogP contribution in [0.3, 0.4) is 0 Å². The lowest BCUT2D eigenvalue weighted by Crippen LogP contribution is -2.18. The number of esters is 1. The van der Waals surface area contributed by atoms with Crippen LogP contribution in [0.25, 0.3) is 0 Å². The van der Waals surface area contributed by atoms with Gasteiger partial charge in [-0.1, -0.05) is 71.1 Å². The summed E-state index contributed by atoms with van der Waals surface area (Å²) in [5, 5.41) is 8.55. The number of ether oxygens (including phenoxy) is 1. The van der Waals surface area contributed by atoms with Gasteiger partial charge in [0, 0.05) is 12.2 Å². The number of rotatable bonds is 19. The molecule has 29 heavy (non-hydrogen) atoms. The second-order valence-corrected chi connectivity index (χ2v) is 9.06. The minimum absolute atomic E-state index is 0.178. The Bertz CT molecular complexity index is 570. The van der Waals surface area contributed by atoms with Crippen LogP contribution in [-0.2, 0) is 24.4 Å². The molecule has 0 aromatic rings. The Morgan fingerprint density at radius 1 is 0.828 bits per heavy atom. The Balaban J connectivity index is 4.06. The van der Waals surface area contributed by atoms with Crippen molar-refractivity contribution in [3.05, 3.63) is 12.2 Å². The third kappa shape index (κ3) is 21.1. The van der Waals surface area contributed by atoms with Crippen molar-refractivity contribution in [1.29, 1.82) is 0 Å². The summed E-state index contributed by atoms with van der Waals surface area (Å²) in [7, 11) is -4.05. The smallest absolute Gasteiger partial charge is 0.331 e. The first kappa shape index (κ1) is 27.6. The van der Waals surface area contributed by atoms with E-state index in [1.165, 1.54) is 51.4 Å². The van der Waals surface area contributed by atoms with Crippen LogP contribution in [0.1, 0.15) is 96.8 Å². The van der Waals surface area contributed by atoms with Crippen LogP contribution < -0.4 is 0 Å². The van der Waals surface area contributed by atoms with Gasteiger partial charge in [-0.2, -0.15) is 8.42 Å². The van der Waals surface area contributed by atoms with Crippen molar-refractivity contribution < 1.29 is 32.4 Å². The van der Waals surface area contributed by atoms with Crippen LogP contribution in [-0.4, -0.2) is 41.9 Å². The fourth-order valence-corrected chi connectivity index (χ4v) is 3.67. The van der Waals surface area contributed by atoms with Gasteiger partial charge < -0.3 is 9.84 Å². The molecule has 0 aromatic carbocycles. The van der Waals surface area contributed by atoms with Crippen LogP contribution in [0.4, 0.5) is 0 Å². The van der Waals surface area contributed by atoms with Gasteiger partial charge in [0.05, 0.1) is 5.75 Å². The molecule has 7 nitrogen and oxygen atoms in total. The summed E-state index contributed by atoms with van der Waals surface area (Å²) >= 11 is 0. The standard InChI is InChI=1S/C21H38O7S/c1-2-3-4-5-6-7-8-9-10-11-12-14-19(15-13-18-29(25,26)27)28-21(24)17-16-20(22)23/h16-17,19H,2-15,18H2,1H3,(H,22,23)(H,25,26,27). The number of carboxylic acids is 1. The average Bonchev–Trinajstić information content (AvgIpc) is 2.63. The molecule has 0 aliphatic carbocycles. The molecular formula is C21H38O7S. The van der Waals surface area contributed by atoms with Gasteiger partial charge in [0.1, 0.15) is 6.10 Å². The van der Waals surface area contributed by atoms with Crippen molar-refractivity contribution in [3.8, 4) is 0 Å². The maximum atomic E-state index is 11.7. The van der Waals surface area contributed by atoms with E-state index >= 15 is 0 Å². The topological polar surface area (TPSA) is 118 Å². The Morgan fingerprint density at radius 3 is 1.79 bits per heavy atom. The fraction of sp³-hybridized carbons (Fsp3) is 0.810. The first-order chi connectivity index (χ1) is 13.7. The number of carboxylic acid groups (broad SMARTS) is 1. The molecule has 0 heterocycles. The molecule has 1 atom stereocenters. The zero-order valence-electron chi connectivity index (χ0n) is 17.7. The second-order valence-electron chi connectivity index (χ2n) is 7.48. The zero-order valence-corrected chi connectivity index (χ0v) is 18.5. The Morgan fingerprint density at radius 2 is 1.31 bits per heavy atom. The van der Waals surface area contributed by atoms with Crippen LogP contribution >= 0.6 is 0 Å². The van der Waals surface area contributed by atoms with Gasteiger partial charge in [0.15, 0.2) is 0 Å². The predicted molar refractivity (Wildman–Crippen MR) is 113 cm³/mol. The normalized spacial score (nSPS) is 12.9. The minimum atomic E-state index is -4.05. The minimum Gasteiger partial charge on any atom is -0.478 e. The Kier molecular flexibility index (Phi) is 16.6. The summed E-state index contributed by atoms with van der Waals surface area (Å²) in [4.78, 5) is 22.1. The summed E-state index contributed by atoms with van der Waals surface area (Å²) in [6.07, 6.45) is 15.3. The quantitative estimate of drug-likeness (QED) is 0.128. The molecule has 0 radical (unpaired) electrons. The SMILES string of the molecule is CCCCCCCCCCCCCC(CCCS(=O)(=O)O)OC(=O)C=CC(=O)O. The van der Waals surface area contributed by atoms with Crippen molar-refractivity contribution in [3.63, 3.8) is 0 Å². The lowest BCUT2D eigenvalue weighted by molar-refractivity contribution is -0.144. The molecule has 170 valence electrons. The van der Waals surface area contributed by atoms with E-state index in [4.69, 9.17) is 14.4 Å². The van der Waals surface area contributed by atoms with E-state index in [0.29, 0.717) is 18.9 Å². The first-order valence-electron chi connectivity index (χ1n) is 10.8. The summed E-state index contributed by atoms with van der Waals surface area (Å²) in [6, 6.07) is 0. The molecular weight excluding hydrogens is 396 g/mol. The van der Waals surface area contributed by atoms with Gasteiger partial charge >= 0.3 is 11.9 Å². The van der Waals surface area contributed by atoms with E-state index in [0.717, 1.165) is 25.3 Å². The molecule has 0 rings (SSSR count). The predicted octanol–water partition coefficient (Wildman–Crippen LogP) is 4.91. The van der Waals surface area contributed by atoms with Crippen LogP contribution in [0, 0.1) is 0 Å². The Labute approximate surface area is 175 Å². The highest BCUT2D eigenvalue weighted by Crippen LogP contribution is 2.16. The summed E-state index contributed by atoms with van der Waals surface area (Å²) < 4.78 is 35.8. The van der Waals surface area contributed by atoms with E-state index in [1.54, 1.807) is 0 Å². The number of aliphatic carboxylic acids is 1.